The maximum absolute atomic E-state index is 6.71. The number of benzene rings is 2. The van der Waals surface area contributed by atoms with Crippen LogP contribution in [-0.2, 0) is 6.42 Å². The van der Waals surface area contributed by atoms with Crippen LogP contribution in [0.1, 0.15) is 38.2 Å². The molecule has 19 heavy (non-hydrogen) atoms. The zero-order valence-corrected chi connectivity index (χ0v) is 12.3. The van der Waals surface area contributed by atoms with Crippen LogP contribution in [0.15, 0.2) is 42.5 Å². The molecule has 0 nitrogen and oxygen atoms in total. The Balaban J connectivity index is 1.81. The van der Waals surface area contributed by atoms with Gasteiger partial charge in [0, 0.05) is 5.38 Å². The number of halogens is 1. The van der Waals surface area contributed by atoms with E-state index in [0.29, 0.717) is 5.41 Å². The molecule has 0 heterocycles. The minimum absolute atomic E-state index is 0.260. The highest BCUT2D eigenvalue weighted by Crippen LogP contribution is 2.44. The lowest BCUT2D eigenvalue weighted by Gasteiger charge is -2.29. The molecule has 1 unspecified atom stereocenters. The Hall–Kier alpha value is -1.01. The van der Waals surface area contributed by atoms with Crippen LogP contribution in [0.3, 0.4) is 0 Å². The van der Waals surface area contributed by atoms with Crippen LogP contribution >= 0.6 is 11.6 Å². The minimum Gasteiger partial charge on any atom is -0.122 e. The van der Waals surface area contributed by atoms with E-state index in [2.05, 4.69) is 49.4 Å². The summed E-state index contributed by atoms with van der Waals surface area (Å²) < 4.78 is 0. The molecule has 1 fully saturated rings. The van der Waals surface area contributed by atoms with Crippen molar-refractivity contribution in [2.45, 2.75) is 44.4 Å². The predicted molar refractivity (Wildman–Crippen MR) is 83.9 cm³/mol. The van der Waals surface area contributed by atoms with Crippen LogP contribution in [0, 0.1) is 5.41 Å². The monoisotopic (exact) mass is 272 g/mol. The lowest BCUT2D eigenvalue weighted by atomic mass is 9.82. The normalized spacial score (nSPS) is 19.7. The largest absolute Gasteiger partial charge is 0.122 e. The van der Waals surface area contributed by atoms with Gasteiger partial charge in [-0.15, -0.1) is 11.6 Å². The second-order valence-corrected chi connectivity index (χ2v) is 6.74. The lowest BCUT2D eigenvalue weighted by Crippen LogP contribution is -2.26. The van der Waals surface area contributed by atoms with Crippen LogP contribution in [0.4, 0.5) is 0 Å². The van der Waals surface area contributed by atoms with Gasteiger partial charge in [-0.1, -0.05) is 62.2 Å². The van der Waals surface area contributed by atoms with Gasteiger partial charge >= 0.3 is 0 Å². The molecule has 1 heteroatoms. The molecule has 0 radical (unpaired) electrons. The molecule has 0 aromatic heterocycles. The van der Waals surface area contributed by atoms with Crippen molar-refractivity contribution in [3.05, 3.63) is 48.0 Å². The quantitative estimate of drug-likeness (QED) is 0.641. The van der Waals surface area contributed by atoms with E-state index in [1.807, 2.05) is 0 Å². The number of fused-ring (bicyclic) bond motifs is 1. The lowest BCUT2D eigenvalue weighted by molar-refractivity contribution is 0.316. The molecule has 2 aromatic carbocycles. The van der Waals surface area contributed by atoms with Crippen LogP contribution in [0.2, 0.25) is 0 Å². The van der Waals surface area contributed by atoms with E-state index in [1.165, 1.54) is 42.0 Å². The summed E-state index contributed by atoms with van der Waals surface area (Å²) in [5.41, 5.74) is 1.71. The Labute approximate surface area is 120 Å². The number of hydrogen-bond acceptors (Lipinski definition) is 0. The first-order chi connectivity index (χ1) is 9.17. The SMILES string of the molecule is CC1(C(Cl)Cc2ccc3ccccc3c2)CCCC1. The molecular formula is C18H21Cl. The molecule has 1 atom stereocenters. The second kappa shape index (κ2) is 5.17. The van der Waals surface area contributed by atoms with E-state index >= 15 is 0 Å². The van der Waals surface area contributed by atoms with Gasteiger partial charge < -0.3 is 0 Å². The van der Waals surface area contributed by atoms with Crippen molar-refractivity contribution >= 4 is 22.4 Å². The molecule has 0 spiro atoms. The summed E-state index contributed by atoms with van der Waals surface area (Å²) in [5, 5.41) is 2.89. The average molecular weight is 273 g/mol. The summed E-state index contributed by atoms with van der Waals surface area (Å²) in [6.45, 7) is 2.36. The van der Waals surface area contributed by atoms with E-state index in [9.17, 15) is 0 Å². The van der Waals surface area contributed by atoms with E-state index in [-0.39, 0.29) is 5.38 Å². The molecule has 3 rings (SSSR count). The van der Waals surface area contributed by atoms with Gasteiger partial charge in [0.05, 0.1) is 0 Å². The Morgan fingerprint density at radius 2 is 1.74 bits per heavy atom. The molecule has 2 aromatic rings. The van der Waals surface area contributed by atoms with Crippen molar-refractivity contribution in [1.82, 2.24) is 0 Å². The maximum atomic E-state index is 6.71. The summed E-state index contributed by atoms with van der Waals surface area (Å²) in [5.74, 6) is 0. The molecule has 0 aliphatic heterocycles. The summed E-state index contributed by atoms with van der Waals surface area (Å²) in [4.78, 5) is 0. The molecular weight excluding hydrogens is 252 g/mol. The third kappa shape index (κ3) is 2.65. The summed E-state index contributed by atoms with van der Waals surface area (Å²) in [7, 11) is 0. The average Bonchev–Trinajstić information content (AvgIpc) is 2.87. The molecule has 0 amide bonds. The molecule has 0 saturated heterocycles. The highest BCUT2D eigenvalue weighted by molar-refractivity contribution is 6.21. The van der Waals surface area contributed by atoms with Crippen molar-refractivity contribution in [3.8, 4) is 0 Å². The summed E-state index contributed by atoms with van der Waals surface area (Å²) >= 11 is 6.71. The molecule has 100 valence electrons. The fraction of sp³-hybridized carbons (Fsp3) is 0.444. The van der Waals surface area contributed by atoms with Gasteiger partial charge in [0.1, 0.15) is 0 Å². The Morgan fingerprint density at radius 3 is 2.47 bits per heavy atom. The molecule has 0 N–H and O–H groups in total. The van der Waals surface area contributed by atoms with E-state index in [1.54, 1.807) is 0 Å². The first kappa shape index (κ1) is 13.0. The van der Waals surface area contributed by atoms with E-state index in [0.717, 1.165) is 6.42 Å². The van der Waals surface area contributed by atoms with E-state index < -0.39 is 0 Å². The third-order valence-electron chi connectivity index (χ3n) is 4.73. The maximum Gasteiger partial charge on any atom is 0.0430 e. The molecule has 1 aliphatic rings. The second-order valence-electron chi connectivity index (χ2n) is 6.21. The van der Waals surface area contributed by atoms with Crippen molar-refractivity contribution < 1.29 is 0 Å². The molecule has 0 bridgehead atoms. The van der Waals surface area contributed by atoms with Crippen LogP contribution in [0.25, 0.3) is 10.8 Å². The molecule has 1 aliphatic carbocycles. The first-order valence-corrected chi connectivity index (χ1v) is 7.73. The fourth-order valence-electron chi connectivity index (χ4n) is 3.32. The van der Waals surface area contributed by atoms with Crippen LogP contribution in [0.5, 0.6) is 0 Å². The van der Waals surface area contributed by atoms with Crippen LogP contribution in [-0.4, -0.2) is 5.38 Å². The van der Waals surface area contributed by atoms with Gasteiger partial charge in [0.2, 0.25) is 0 Å². The summed E-state index contributed by atoms with van der Waals surface area (Å²) in [6, 6.07) is 15.3. The highest BCUT2D eigenvalue weighted by Gasteiger charge is 2.35. The van der Waals surface area contributed by atoms with Gasteiger partial charge in [-0.2, -0.15) is 0 Å². The Morgan fingerprint density at radius 1 is 1.05 bits per heavy atom. The van der Waals surface area contributed by atoms with Crippen molar-refractivity contribution in [1.29, 1.82) is 0 Å². The number of hydrogen-bond donors (Lipinski definition) is 0. The Kier molecular flexibility index (Phi) is 3.54. The zero-order chi connectivity index (χ0) is 13.3. The van der Waals surface area contributed by atoms with E-state index in [4.69, 9.17) is 11.6 Å². The van der Waals surface area contributed by atoms with Gasteiger partial charge in [0.25, 0.3) is 0 Å². The highest BCUT2D eigenvalue weighted by atomic mass is 35.5. The number of alkyl halides is 1. The topological polar surface area (TPSA) is 0 Å². The fourth-order valence-corrected chi connectivity index (χ4v) is 3.71. The van der Waals surface area contributed by atoms with Crippen molar-refractivity contribution in [2.75, 3.05) is 0 Å². The smallest absolute Gasteiger partial charge is 0.0430 e. The zero-order valence-electron chi connectivity index (χ0n) is 11.5. The van der Waals surface area contributed by atoms with Gasteiger partial charge in [0.15, 0.2) is 0 Å². The van der Waals surface area contributed by atoms with Gasteiger partial charge in [-0.05, 0) is 41.0 Å². The molecule has 1 saturated carbocycles. The first-order valence-electron chi connectivity index (χ1n) is 7.29. The van der Waals surface area contributed by atoms with Gasteiger partial charge in [-0.3, -0.25) is 0 Å². The Bertz CT molecular complexity index is 567. The number of rotatable bonds is 3. The predicted octanol–water partition coefficient (Wildman–Crippen LogP) is 5.57. The van der Waals surface area contributed by atoms with Crippen molar-refractivity contribution in [2.24, 2.45) is 5.41 Å². The standard InChI is InChI=1S/C18H21Cl/c1-18(10-4-5-11-18)17(19)13-14-8-9-15-6-2-3-7-16(15)12-14/h2-3,6-9,12,17H,4-5,10-11,13H2,1H3. The summed E-state index contributed by atoms with van der Waals surface area (Å²) in [6.07, 6.45) is 6.25. The van der Waals surface area contributed by atoms with Crippen LogP contribution < -0.4 is 0 Å². The third-order valence-corrected chi connectivity index (χ3v) is 5.41. The minimum atomic E-state index is 0.260. The van der Waals surface area contributed by atoms with Gasteiger partial charge in [-0.25, -0.2) is 0 Å². The van der Waals surface area contributed by atoms with Crippen molar-refractivity contribution in [3.63, 3.8) is 0 Å².